The molecule has 0 fully saturated rings. The Morgan fingerprint density at radius 2 is 1.94 bits per heavy atom. The number of nitrogen functional groups attached to an aromatic ring is 1. The number of rotatable bonds is 8. The zero-order valence-corrected chi connectivity index (χ0v) is 11.3. The SMILES string of the molecule is CCCOc1nc(OCCOC(C)C)ccc1N. The van der Waals surface area contributed by atoms with E-state index in [9.17, 15) is 0 Å². The fourth-order valence-corrected chi connectivity index (χ4v) is 1.26. The van der Waals surface area contributed by atoms with Gasteiger partial charge in [-0.1, -0.05) is 6.92 Å². The number of anilines is 1. The molecule has 0 amide bonds. The van der Waals surface area contributed by atoms with E-state index >= 15 is 0 Å². The van der Waals surface area contributed by atoms with E-state index in [2.05, 4.69) is 4.98 Å². The first-order chi connectivity index (χ1) is 8.63. The maximum atomic E-state index is 5.76. The molecular weight excluding hydrogens is 232 g/mol. The van der Waals surface area contributed by atoms with E-state index < -0.39 is 0 Å². The second kappa shape index (κ2) is 7.76. The molecule has 1 aromatic heterocycles. The number of hydrogen-bond acceptors (Lipinski definition) is 5. The summed E-state index contributed by atoms with van der Waals surface area (Å²) in [6, 6.07) is 3.46. The summed E-state index contributed by atoms with van der Waals surface area (Å²) >= 11 is 0. The van der Waals surface area contributed by atoms with Crippen LogP contribution < -0.4 is 15.2 Å². The molecule has 0 bridgehead atoms. The number of nitrogens with two attached hydrogens (primary N) is 1. The van der Waals surface area contributed by atoms with Crippen LogP contribution in [0.1, 0.15) is 27.2 Å². The molecule has 0 aromatic carbocycles. The Morgan fingerprint density at radius 3 is 2.61 bits per heavy atom. The zero-order chi connectivity index (χ0) is 13.4. The van der Waals surface area contributed by atoms with Gasteiger partial charge in [-0.25, -0.2) is 0 Å². The number of hydrogen-bond donors (Lipinski definition) is 1. The summed E-state index contributed by atoms with van der Waals surface area (Å²) in [6.07, 6.45) is 1.12. The fourth-order valence-electron chi connectivity index (χ4n) is 1.26. The zero-order valence-electron chi connectivity index (χ0n) is 11.3. The molecule has 0 radical (unpaired) electrons. The Hall–Kier alpha value is -1.49. The van der Waals surface area contributed by atoms with Crippen LogP contribution in [-0.4, -0.2) is 30.9 Å². The van der Waals surface area contributed by atoms with E-state index in [1.165, 1.54) is 0 Å². The monoisotopic (exact) mass is 254 g/mol. The molecule has 1 rings (SSSR count). The Morgan fingerprint density at radius 1 is 1.17 bits per heavy atom. The number of ether oxygens (including phenoxy) is 3. The molecule has 5 heteroatoms. The molecule has 1 heterocycles. The molecule has 1 aromatic rings. The van der Waals surface area contributed by atoms with Gasteiger partial charge in [0.2, 0.25) is 11.8 Å². The van der Waals surface area contributed by atoms with Gasteiger partial charge in [-0.3, -0.25) is 0 Å². The highest BCUT2D eigenvalue weighted by Gasteiger charge is 2.05. The lowest BCUT2D eigenvalue weighted by Crippen LogP contribution is -2.12. The molecule has 0 saturated heterocycles. The van der Waals surface area contributed by atoms with E-state index in [-0.39, 0.29) is 6.10 Å². The van der Waals surface area contributed by atoms with Crippen molar-refractivity contribution in [3.63, 3.8) is 0 Å². The van der Waals surface area contributed by atoms with E-state index in [0.29, 0.717) is 37.3 Å². The summed E-state index contributed by atoms with van der Waals surface area (Å²) in [4.78, 5) is 4.20. The number of aromatic nitrogens is 1. The molecule has 5 nitrogen and oxygen atoms in total. The van der Waals surface area contributed by atoms with Crippen LogP contribution in [0.25, 0.3) is 0 Å². The fraction of sp³-hybridized carbons (Fsp3) is 0.615. The largest absolute Gasteiger partial charge is 0.476 e. The first kappa shape index (κ1) is 14.6. The maximum absolute atomic E-state index is 5.76. The summed E-state index contributed by atoms with van der Waals surface area (Å²) < 4.78 is 16.3. The molecular formula is C13H22N2O3. The minimum Gasteiger partial charge on any atom is -0.476 e. The average Bonchev–Trinajstić information content (AvgIpc) is 2.34. The van der Waals surface area contributed by atoms with E-state index in [4.69, 9.17) is 19.9 Å². The molecule has 0 unspecified atom stereocenters. The molecule has 0 atom stereocenters. The lowest BCUT2D eigenvalue weighted by atomic mass is 10.4. The second-order valence-electron chi connectivity index (χ2n) is 4.16. The molecule has 0 saturated carbocycles. The van der Waals surface area contributed by atoms with Crippen LogP contribution in [0.15, 0.2) is 12.1 Å². The molecule has 2 N–H and O–H groups in total. The molecule has 18 heavy (non-hydrogen) atoms. The molecule has 102 valence electrons. The van der Waals surface area contributed by atoms with Crippen LogP contribution in [-0.2, 0) is 4.74 Å². The standard InChI is InChI=1S/C13H22N2O3/c1-4-7-18-13-11(14)5-6-12(15-13)17-9-8-16-10(2)3/h5-6,10H,4,7-9,14H2,1-3H3. The van der Waals surface area contributed by atoms with Crippen molar-refractivity contribution >= 4 is 5.69 Å². The van der Waals surface area contributed by atoms with Gasteiger partial charge in [0.25, 0.3) is 0 Å². The maximum Gasteiger partial charge on any atom is 0.240 e. The summed E-state index contributed by atoms with van der Waals surface area (Å²) in [5.41, 5.74) is 6.28. The first-order valence-electron chi connectivity index (χ1n) is 6.27. The van der Waals surface area contributed by atoms with Gasteiger partial charge < -0.3 is 19.9 Å². The number of pyridine rings is 1. The highest BCUT2D eigenvalue weighted by atomic mass is 16.5. The van der Waals surface area contributed by atoms with Crippen LogP contribution in [0.5, 0.6) is 11.8 Å². The van der Waals surface area contributed by atoms with Gasteiger partial charge in [0.1, 0.15) is 6.61 Å². The number of nitrogens with zero attached hydrogens (tertiary/aromatic N) is 1. The van der Waals surface area contributed by atoms with Gasteiger partial charge in [0.15, 0.2) is 0 Å². The van der Waals surface area contributed by atoms with E-state index in [0.717, 1.165) is 6.42 Å². The molecule has 0 spiro atoms. The lowest BCUT2D eigenvalue weighted by Gasteiger charge is -2.11. The van der Waals surface area contributed by atoms with Crippen molar-refractivity contribution in [3.05, 3.63) is 12.1 Å². The third-order valence-electron chi connectivity index (χ3n) is 2.09. The van der Waals surface area contributed by atoms with Crippen molar-refractivity contribution < 1.29 is 14.2 Å². The Balaban J connectivity index is 2.45. The van der Waals surface area contributed by atoms with E-state index in [1.807, 2.05) is 20.8 Å². The van der Waals surface area contributed by atoms with Crippen LogP contribution in [0.4, 0.5) is 5.69 Å². The van der Waals surface area contributed by atoms with Crippen LogP contribution in [0, 0.1) is 0 Å². The quantitative estimate of drug-likeness (QED) is 0.721. The van der Waals surface area contributed by atoms with Crippen molar-refractivity contribution in [2.45, 2.75) is 33.3 Å². The van der Waals surface area contributed by atoms with Crippen LogP contribution >= 0.6 is 0 Å². The smallest absolute Gasteiger partial charge is 0.240 e. The highest BCUT2D eigenvalue weighted by Crippen LogP contribution is 2.22. The molecule has 0 aliphatic carbocycles. The average molecular weight is 254 g/mol. The summed E-state index contributed by atoms with van der Waals surface area (Å²) in [7, 11) is 0. The lowest BCUT2D eigenvalue weighted by molar-refractivity contribution is 0.0541. The Kier molecular flexibility index (Phi) is 6.28. The van der Waals surface area contributed by atoms with Gasteiger partial charge in [-0.2, -0.15) is 4.98 Å². The van der Waals surface area contributed by atoms with Gasteiger partial charge in [-0.05, 0) is 26.3 Å². The van der Waals surface area contributed by atoms with Crippen molar-refractivity contribution in [3.8, 4) is 11.8 Å². The summed E-state index contributed by atoms with van der Waals surface area (Å²) in [5, 5.41) is 0. The van der Waals surface area contributed by atoms with Gasteiger partial charge >= 0.3 is 0 Å². The van der Waals surface area contributed by atoms with Crippen LogP contribution in [0.2, 0.25) is 0 Å². The van der Waals surface area contributed by atoms with E-state index in [1.54, 1.807) is 12.1 Å². The third kappa shape index (κ3) is 5.23. The molecule has 0 aliphatic rings. The minimum absolute atomic E-state index is 0.205. The second-order valence-corrected chi connectivity index (χ2v) is 4.16. The van der Waals surface area contributed by atoms with Gasteiger partial charge in [-0.15, -0.1) is 0 Å². The minimum atomic E-state index is 0.205. The Labute approximate surface area is 108 Å². The Bertz CT molecular complexity index is 356. The normalized spacial score (nSPS) is 10.7. The predicted octanol–water partition coefficient (Wildman–Crippen LogP) is 2.26. The van der Waals surface area contributed by atoms with Gasteiger partial charge in [0, 0.05) is 6.07 Å². The van der Waals surface area contributed by atoms with Crippen molar-refractivity contribution in [2.75, 3.05) is 25.6 Å². The van der Waals surface area contributed by atoms with Crippen molar-refractivity contribution in [1.29, 1.82) is 0 Å². The highest BCUT2D eigenvalue weighted by molar-refractivity contribution is 5.49. The first-order valence-corrected chi connectivity index (χ1v) is 6.27. The topological polar surface area (TPSA) is 66.6 Å². The van der Waals surface area contributed by atoms with Crippen LogP contribution in [0.3, 0.4) is 0 Å². The van der Waals surface area contributed by atoms with Crippen molar-refractivity contribution in [2.24, 2.45) is 0 Å². The molecule has 0 aliphatic heterocycles. The summed E-state index contributed by atoms with van der Waals surface area (Å²) in [5.74, 6) is 0.932. The summed E-state index contributed by atoms with van der Waals surface area (Å²) in [6.45, 7) is 7.59. The predicted molar refractivity (Wildman–Crippen MR) is 71.0 cm³/mol. The van der Waals surface area contributed by atoms with Crippen molar-refractivity contribution in [1.82, 2.24) is 4.98 Å². The third-order valence-corrected chi connectivity index (χ3v) is 2.09. The van der Waals surface area contributed by atoms with Gasteiger partial charge in [0.05, 0.1) is 25.0 Å².